The van der Waals surface area contributed by atoms with Gasteiger partial charge in [-0.3, -0.25) is 19.6 Å². The number of aliphatic hydroxyl groups excluding tert-OH is 1. The van der Waals surface area contributed by atoms with E-state index < -0.39 is 29.9 Å². The van der Waals surface area contributed by atoms with Gasteiger partial charge in [-0.2, -0.15) is 0 Å². The average molecular weight is 452 g/mol. The minimum absolute atomic E-state index is 0.0150. The number of Topliss-reactive ketones (excluding diaryl/α,β-unsaturated/α-hetero) is 1. The molecule has 1 heterocycles. The van der Waals surface area contributed by atoms with Gasteiger partial charge in [0.05, 0.1) is 12.0 Å². The summed E-state index contributed by atoms with van der Waals surface area (Å²) in [6.45, 7) is 3.70. The Morgan fingerprint density at radius 3 is 2.30 bits per heavy atom. The first-order valence-corrected chi connectivity index (χ1v) is 10.9. The zero-order chi connectivity index (χ0) is 24.0. The third kappa shape index (κ3) is 5.85. The molecule has 1 aromatic heterocycles. The largest absolute Gasteiger partial charge is 0.382 e. The first-order valence-electron chi connectivity index (χ1n) is 10.9. The number of H-pyrrole nitrogens is 1. The maximum absolute atomic E-state index is 13.5. The van der Waals surface area contributed by atoms with Crippen LogP contribution in [0, 0.1) is 11.8 Å². The summed E-state index contributed by atoms with van der Waals surface area (Å²) in [7, 11) is 0. The molecule has 0 aliphatic heterocycles. The summed E-state index contributed by atoms with van der Waals surface area (Å²) in [5, 5.41) is 22.8. The van der Waals surface area contributed by atoms with Crippen molar-refractivity contribution in [2.24, 2.45) is 11.8 Å². The van der Waals surface area contributed by atoms with Crippen molar-refractivity contribution in [3.8, 4) is 0 Å². The van der Waals surface area contributed by atoms with Crippen molar-refractivity contribution in [1.82, 2.24) is 15.8 Å². The number of aromatic nitrogens is 1. The van der Waals surface area contributed by atoms with Crippen molar-refractivity contribution >= 4 is 28.5 Å². The molecule has 0 spiro atoms. The molecule has 174 valence electrons. The van der Waals surface area contributed by atoms with Crippen molar-refractivity contribution in [3.05, 3.63) is 71.9 Å². The molecular weight excluding hydrogens is 422 g/mol. The molecule has 3 aromatic rings. The second-order valence-electron chi connectivity index (χ2n) is 8.52. The van der Waals surface area contributed by atoms with Gasteiger partial charge < -0.3 is 15.4 Å². The highest BCUT2D eigenvalue weighted by Crippen LogP contribution is 2.22. The highest BCUT2D eigenvalue weighted by molar-refractivity contribution is 6.11. The summed E-state index contributed by atoms with van der Waals surface area (Å²) >= 11 is 0. The Kier molecular flexibility index (Phi) is 7.97. The van der Waals surface area contributed by atoms with E-state index in [1.807, 2.05) is 68.4 Å². The molecule has 8 heteroatoms. The molecule has 0 saturated carbocycles. The third-order valence-corrected chi connectivity index (χ3v) is 5.59. The topological polar surface area (TPSA) is 132 Å². The number of hydrogen-bond acceptors (Lipinski definition) is 5. The number of hydrogen-bond donors (Lipinski definition) is 5. The molecule has 0 aliphatic carbocycles. The number of carbonyl (C=O) groups excluding carboxylic acids is 3. The van der Waals surface area contributed by atoms with E-state index in [1.165, 1.54) is 5.48 Å². The number of amides is 2. The maximum atomic E-state index is 13.5. The van der Waals surface area contributed by atoms with E-state index in [4.69, 9.17) is 5.21 Å². The molecule has 8 nitrogen and oxygen atoms in total. The summed E-state index contributed by atoms with van der Waals surface area (Å²) < 4.78 is 0. The number of aromatic amines is 1. The summed E-state index contributed by atoms with van der Waals surface area (Å²) in [5.41, 5.74) is 3.49. The summed E-state index contributed by atoms with van der Waals surface area (Å²) in [6, 6.07) is 15.8. The average Bonchev–Trinajstić information content (AvgIpc) is 3.25. The second-order valence-corrected chi connectivity index (χ2v) is 8.52. The van der Waals surface area contributed by atoms with Crippen LogP contribution in [-0.4, -0.2) is 45.0 Å². The number of ketones is 1. The number of rotatable bonds is 10. The lowest BCUT2D eigenvalue weighted by molar-refractivity contribution is -0.146. The molecule has 0 radical (unpaired) electrons. The van der Waals surface area contributed by atoms with Gasteiger partial charge >= 0.3 is 0 Å². The van der Waals surface area contributed by atoms with Gasteiger partial charge in [0, 0.05) is 29.1 Å². The fourth-order valence-electron chi connectivity index (χ4n) is 3.94. The van der Waals surface area contributed by atoms with Gasteiger partial charge in [-0.1, -0.05) is 62.4 Å². The summed E-state index contributed by atoms with van der Waals surface area (Å²) in [4.78, 5) is 41.6. The Balaban J connectivity index is 1.92. The number of hydroxylamine groups is 1. The van der Waals surface area contributed by atoms with E-state index in [0.717, 1.165) is 16.5 Å². The van der Waals surface area contributed by atoms with Crippen LogP contribution in [0.3, 0.4) is 0 Å². The molecule has 3 atom stereocenters. The monoisotopic (exact) mass is 451 g/mol. The minimum atomic E-state index is -1.75. The molecule has 33 heavy (non-hydrogen) atoms. The van der Waals surface area contributed by atoms with Crippen LogP contribution in [0.4, 0.5) is 0 Å². The first kappa shape index (κ1) is 24.2. The Morgan fingerprint density at radius 1 is 0.970 bits per heavy atom. The van der Waals surface area contributed by atoms with Gasteiger partial charge in [0.15, 0.2) is 5.78 Å². The molecule has 0 bridgehead atoms. The molecular formula is C25H29N3O5. The molecule has 2 aromatic carbocycles. The summed E-state index contributed by atoms with van der Waals surface area (Å²) in [6.07, 6.45) is 0.302. The van der Waals surface area contributed by atoms with Crippen LogP contribution in [0.2, 0.25) is 0 Å². The third-order valence-electron chi connectivity index (χ3n) is 5.59. The Bertz CT molecular complexity index is 1110. The zero-order valence-electron chi connectivity index (χ0n) is 18.6. The minimum Gasteiger partial charge on any atom is -0.382 e. The zero-order valence-corrected chi connectivity index (χ0v) is 18.6. The molecule has 2 amide bonds. The molecule has 0 saturated heterocycles. The number of nitrogens with one attached hydrogen (secondary N) is 3. The van der Waals surface area contributed by atoms with Crippen LogP contribution in [0.5, 0.6) is 0 Å². The van der Waals surface area contributed by atoms with E-state index in [9.17, 15) is 19.5 Å². The van der Waals surface area contributed by atoms with Crippen LogP contribution >= 0.6 is 0 Å². The lowest BCUT2D eigenvalue weighted by Crippen LogP contribution is -2.50. The van der Waals surface area contributed by atoms with Crippen LogP contribution in [0.15, 0.2) is 60.8 Å². The molecule has 0 aliphatic rings. The number of para-hydroxylation sites is 1. The lowest BCUT2D eigenvalue weighted by atomic mass is 9.89. The van der Waals surface area contributed by atoms with Crippen molar-refractivity contribution < 1.29 is 24.7 Å². The molecule has 2 unspecified atom stereocenters. The Morgan fingerprint density at radius 2 is 1.64 bits per heavy atom. The van der Waals surface area contributed by atoms with Crippen molar-refractivity contribution in [2.45, 2.75) is 38.8 Å². The predicted molar refractivity (Wildman–Crippen MR) is 124 cm³/mol. The van der Waals surface area contributed by atoms with Gasteiger partial charge in [-0.05, 0) is 24.0 Å². The smallest absolute Gasteiger partial charge is 0.272 e. The van der Waals surface area contributed by atoms with Gasteiger partial charge in [-0.25, -0.2) is 5.48 Å². The second kappa shape index (κ2) is 10.9. The highest BCUT2D eigenvalue weighted by atomic mass is 16.5. The van der Waals surface area contributed by atoms with Crippen molar-refractivity contribution in [1.29, 1.82) is 0 Å². The molecule has 5 N–H and O–H groups in total. The van der Waals surface area contributed by atoms with E-state index in [0.29, 0.717) is 5.56 Å². The lowest BCUT2D eigenvalue weighted by Gasteiger charge is -2.25. The standard InChI is InChI=1S/C25H29N3O5/c1-15(2)12-18(23(30)25(32)28-33)24(31)27-21(13-16-8-4-3-5-9-16)22(29)19-14-26-20-11-7-6-10-17(19)20/h3-11,14-15,18,21,23,26,30,33H,12-13H2,1-2H3,(H,27,31)(H,28,32)/t18?,21?,23-/m0/s1. The number of carbonyl (C=O) groups is 3. The van der Waals surface area contributed by atoms with Crippen molar-refractivity contribution in [2.75, 3.05) is 0 Å². The Hall–Kier alpha value is -3.49. The van der Waals surface area contributed by atoms with E-state index in [1.54, 1.807) is 6.20 Å². The quantitative estimate of drug-likeness (QED) is 0.184. The predicted octanol–water partition coefficient (Wildman–Crippen LogP) is 2.61. The van der Waals surface area contributed by atoms with Gasteiger partial charge in [0.25, 0.3) is 5.91 Å². The van der Waals surface area contributed by atoms with Crippen LogP contribution in [-0.2, 0) is 16.0 Å². The van der Waals surface area contributed by atoms with Gasteiger partial charge in [-0.15, -0.1) is 0 Å². The van der Waals surface area contributed by atoms with Gasteiger partial charge in [0.2, 0.25) is 5.91 Å². The molecule has 3 rings (SSSR count). The SMILES string of the molecule is CC(C)CC(C(=O)NC(Cc1ccccc1)C(=O)c1c[nH]c2ccccc12)[C@H](O)C(=O)NO. The number of fused-ring (bicyclic) bond motifs is 1. The number of aliphatic hydroxyl groups is 1. The first-order chi connectivity index (χ1) is 15.8. The van der Waals surface area contributed by atoms with Crippen molar-refractivity contribution in [3.63, 3.8) is 0 Å². The van der Waals surface area contributed by atoms with E-state index >= 15 is 0 Å². The van der Waals surface area contributed by atoms with E-state index in [2.05, 4.69) is 10.3 Å². The highest BCUT2D eigenvalue weighted by Gasteiger charge is 2.35. The van der Waals surface area contributed by atoms with Crippen LogP contribution in [0.1, 0.15) is 36.2 Å². The van der Waals surface area contributed by atoms with Crippen LogP contribution < -0.4 is 10.8 Å². The normalized spacial score (nSPS) is 14.0. The summed E-state index contributed by atoms with van der Waals surface area (Å²) in [5.74, 6) is -3.13. The fourth-order valence-corrected chi connectivity index (χ4v) is 3.94. The van der Waals surface area contributed by atoms with E-state index in [-0.39, 0.29) is 24.5 Å². The maximum Gasteiger partial charge on any atom is 0.272 e. The Labute approximate surface area is 192 Å². The molecule has 0 fully saturated rings. The van der Waals surface area contributed by atoms with Crippen LogP contribution in [0.25, 0.3) is 10.9 Å². The fraction of sp³-hybridized carbons (Fsp3) is 0.320. The van der Waals surface area contributed by atoms with Gasteiger partial charge in [0.1, 0.15) is 6.10 Å². The number of benzene rings is 2.